The van der Waals surface area contributed by atoms with E-state index in [0.717, 1.165) is 25.9 Å². The van der Waals surface area contributed by atoms with Gasteiger partial charge in [-0.3, -0.25) is 4.79 Å². The summed E-state index contributed by atoms with van der Waals surface area (Å²) in [6.07, 6.45) is 5.29. The topological polar surface area (TPSA) is 56.1 Å². The van der Waals surface area contributed by atoms with E-state index in [0.29, 0.717) is 0 Å². The standard InChI is InChI=1S/C12H19N3O2/c1-9(2)15-8-7-14-11(12(15)16)17-10-3-5-13-6-4-10/h7-10,13H,3-6H2,1-2H3. The van der Waals surface area contributed by atoms with Crippen molar-refractivity contribution in [1.29, 1.82) is 0 Å². The van der Waals surface area contributed by atoms with Crippen LogP contribution in [0, 0.1) is 0 Å². The fraction of sp³-hybridized carbons (Fsp3) is 0.667. The smallest absolute Gasteiger partial charge is 0.313 e. The van der Waals surface area contributed by atoms with Gasteiger partial charge in [-0.05, 0) is 39.8 Å². The van der Waals surface area contributed by atoms with E-state index in [1.165, 1.54) is 0 Å². The minimum Gasteiger partial charge on any atom is -0.470 e. The zero-order chi connectivity index (χ0) is 12.3. The summed E-state index contributed by atoms with van der Waals surface area (Å²) < 4.78 is 7.33. The first-order chi connectivity index (χ1) is 8.18. The summed E-state index contributed by atoms with van der Waals surface area (Å²) in [7, 11) is 0. The number of hydrogen-bond donors (Lipinski definition) is 1. The third kappa shape index (κ3) is 2.85. The van der Waals surface area contributed by atoms with Crippen molar-refractivity contribution in [3.8, 4) is 5.88 Å². The molecule has 0 amide bonds. The van der Waals surface area contributed by atoms with Crippen LogP contribution in [0.2, 0.25) is 0 Å². The van der Waals surface area contributed by atoms with Gasteiger partial charge in [-0.15, -0.1) is 0 Å². The molecule has 0 saturated carbocycles. The number of aromatic nitrogens is 2. The second-order valence-corrected chi connectivity index (χ2v) is 4.61. The average molecular weight is 237 g/mol. The molecule has 1 aliphatic rings. The fourth-order valence-electron chi connectivity index (χ4n) is 1.96. The van der Waals surface area contributed by atoms with Gasteiger partial charge in [0.25, 0.3) is 5.88 Å². The Balaban J connectivity index is 2.15. The van der Waals surface area contributed by atoms with E-state index in [1.54, 1.807) is 17.0 Å². The van der Waals surface area contributed by atoms with Crippen LogP contribution in [0.1, 0.15) is 32.7 Å². The largest absolute Gasteiger partial charge is 0.470 e. The number of hydrogen-bond acceptors (Lipinski definition) is 4. The first-order valence-electron chi connectivity index (χ1n) is 6.13. The number of nitrogens with zero attached hydrogens (tertiary/aromatic N) is 2. The van der Waals surface area contributed by atoms with Crippen LogP contribution in [0.4, 0.5) is 0 Å². The van der Waals surface area contributed by atoms with Crippen LogP contribution in [0.15, 0.2) is 17.2 Å². The molecule has 0 spiro atoms. The summed E-state index contributed by atoms with van der Waals surface area (Å²) in [5.41, 5.74) is -0.138. The van der Waals surface area contributed by atoms with Crippen molar-refractivity contribution in [1.82, 2.24) is 14.9 Å². The van der Waals surface area contributed by atoms with E-state index in [9.17, 15) is 4.79 Å². The molecule has 1 aliphatic heterocycles. The lowest BCUT2D eigenvalue weighted by atomic mass is 10.1. The van der Waals surface area contributed by atoms with Crippen molar-refractivity contribution in [3.05, 3.63) is 22.7 Å². The molecule has 1 N–H and O–H groups in total. The SMILES string of the molecule is CC(C)n1ccnc(OC2CCNCC2)c1=O. The Morgan fingerprint density at radius 1 is 1.47 bits per heavy atom. The Morgan fingerprint density at radius 3 is 2.82 bits per heavy atom. The Bertz CT molecular complexity index is 422. The highest BCUT2D eigenvalue weighted by molar-refractivity contribution is 5.06. The maximum absolute atomic E-state index is 12.0. The molecule has 0 aromatic carbocycles. The molecule has 1 aromatic rings. The summed E-state index contributed by atoms with van der Waals surface area (Å²) in [5, 5.41) is 3.26. The molecule has 0 atom stereocenters. The Kier molecular flexibility index (Phi) is 3.78. The van der Waals surface area contributed by atoms with Gasteiger partial charge in [-0.1, -0.05) is 0 Å². The molecule has 17 heavy (non-hydrogen) atoms. The second-order valence-electron chi connectivity index (χ2n) is 4.61. The van der Waals surface area contributed by atoms with E-state index >= 15 is 0 Å². The summed E-state index contributed by atoms with van der Waals surface area (Å²) in [5.74, 6) is 0.230. The van der Waals surface area contributed by atoms with Crippen molar-refractivity contribution in [2.45, 2.75) is 38.8 Å². The number of ether oxygens (including phenoxy) is 1. The maximum Gasteiger partial charge on any atom is 0.313 e. The van der Waals surface area contributed by atoms with Gasteiger partial charge in [0.05, 0.1) is 0 Å². The molecule has 2 heterocycles. The third-order valence-electron chi connectivity index (χ3n) is 2.96. The Hall–Kier alpha value is -1.36. The molecule has 1 aromatic heterocycles. The van der Waals surface area contributed by atoms with Crippen molar-refractivity contribution < 1.29 is 4.74 Å². The van der Waals surface area contributed by atoms with E-state index in [1.807, 2.05) is 13.8 Å². The van der Waals surface area contributed by atoms with Gasteiger partial charge in [-0.2, -0.15) is 0 Å². The predicted molar refractivity (Wildman–Crippen MR) is 65.4 cm³/mol. The molecule has 1 fully saturated rings. The molecule has 2 rings (SSSR count). The first-order valence-corrected chi connectivity index (χ1v) is 6.13. The van der Waals surface area contributed by atoms with Gasteiger partial charge in [-0.25, -0.2) is 4.98 Å². The van der Waals surface area contributed by atoms with Crippen molar-refractivity contribution in [3.63, 3.8) is 0 Å². The number of rotatable bonds is 3. The van der Waals surface area contributed by atoms with Gasteiger partial charge in [0.1, 0.15) is 6.10 Å². The van der Waals surface area contributed by atoms with Gasteiger partial charge in [0.15, 0.2) is 0 Å². The first kappa shape index (κ1) is 12.1. The zero-order valence-corrected chi connectivity index (χ0v) is 10.3. The zero-order valence-electron chi connectivity index (χ0n) is 10.3. The quantitative estimate of drug-likeness (QED) is 0.850. The van der Waals surface area contributed by atoms with Gasteiger partial charge in [0.2, 0.25) is 0 Å². The van der Waals surface area contributed by atoms with Gasteiger partial charge in [0, 0.05) is 18.4 Å². The summed E-state index contributed by atoms with van der Waals surface area (Å²) in [4.78, 5) is 16.1. The third-order valence-corrected chi connectivity index (χ3v) is 2.96. The Labute approximate surface area is 101 Å². The highest BCUT2D eigenvalue weighted by Gasteiger charge is 2.17. The molecule has 0 radical (unpaired) electrons. The normalized spacial score (nSPS) is 17.4. The molecule has 0 unspecified atom stereocenters. The van der Waals surface area contributed by atoms with E-state index < -0.39 is 0 Å². The van der Waals surface area contributed by atoms with E-state index in [2.05, 4.69) is 10.3 Å². The molecule has 94 valence electrons. The molecule has 1 saturated heterocycles. The van der Waals surface area contributed by atoms with Crippen LogP contribution < -0.4 is 15.6 Å². The molecule has 0 bridgehead atoms. The Morgan fingerprint density at radius 2 is 2.18 bits per heavy atom. The predicted octanol–water partition coefficient (Wildman–Crippen LogP) is 0.955. The highest BCUT2D eigenvalue weighted by atomic mass is 16.5. The summed E-state index contributed by atoms with van der Waals surface area (Å²) in [6.45, 7) is 5.82. The van der Waals surface area contributed by atoms with Crippen LogP contribution in [-0.4, -0.2) is 28.7 Å². The number of nitrogens with one attached hydrogen (secondary N) is 1. The molecule has 0 aliphatic carbocycles. The van der Waals surface area contributed by atoms with Crippen LogP contribution in [-0.2, 0) is 0 Å². The highest BCUT2D eigenvalue weighted by Crippen LogP contribution is 2.10. The van der Waals surface area contributed by atoms with Gasteiger partial charge >= 0.3 is 5.56 Å². The lowest BCUT2D eigenvalue weighted by molar-refractivity contribution is 0.152. The van der Waals surface area contributed by atoms with E-state index in [-0.39, 0.29) is 23.6 Å². The van der Waals surface area contributed by atoms with Crippen molar-refractivity contribution in [2.24, 2.45) is 0 Å². The minimum atomic E-state index is -0.138. The van der Waals surface area contributed by atoms with Crippen LogP contribution in [0.3, 0.4) is 0 Å². The fourth-order valence-corrected chi connectivity index (χ4v) is 1.96. The maximum atomic E-state index is 12.0. The molecule has 5 heteroatoms. The van der Waals surface area contributed by atoms with Crippen LogP contribution in [0.5, 0.6) is 5.88 Å². The molecular formula is C12H19N3O2. The van der Waals surface area contributed by atoms with E-state index in [4.69, 9.17) is 4.74 Å². The van der Waals surface area contributed by atoms with Gasteiger partial charge < -0.3 is 14.6 Å². The van der Waals surface area contributed by atoms with Crippen LogP contribution >= 0.6 is 0 Å². The lowest BCUT2D eigenvalue weighted by Crippen LogP contribution is -2.36. The second kappa shape index (κ2) is 5.31. The number of piperidine rings is 1. The van der Waals surface area contributed by atoms with Crippen molar-refractivity contribution >= 4 is 0 Å². The van der Waals surface area contributed by atoms with Crippen LogP contribution in [0.25, 0.3) is 0 Å². The lowest BCUT2D eigenvalue weighted by Gasteiger charge is -2.23. The minimum absolute atomic E-state index is 0.111. The molecular weight excluding hydrogens is 218 g/mol. The average Bonchev–Trinajstić information content (AvgIpc) is 2.33. The summed E-state index contributed by atoms with van der Waals surface area (Å²) >= 11 is 0. The van der Waals surface area contributed by atoms with Crippen molar-refractivity contribution in [2.75, 3.05) is 13.1 Å². The summed E-state index contributed by atoms with van der Waals surface area (Å²) in [6, 6.07) is 0.126. The molecule has 5 nitrogen and oxygen atoms in total. The monoisotopic (exact) mass is 237 g/mol.